The number of non-ortho nitro benzene ring substituents is 2. The fraction of sp³-hybridized carbons (Fsp3) is 0.333. The summed E-state index contributed by atoms with van der Waals surface area (Å²) in [4.78, 5) is 29.4. The van der Waals surface area contributed by atoms with Gasteiger partial charge < -0.3 is 9.80 Å². The van der Waals surface area contributed by atoms with Gasteiger partial charge in [-0.2, -0.15) is 9.15 Å². The van der Waals surface area contributed by atoms with Gasteiger partial charge in [-0.25, -0.2) is 37.3 Å². The summed E-state index contributed by atoms with van der Waals surface area (Å²) in [5, 5.41) is 33.9. The van der Waals surface area contributed by atoms with Crippen LogP contribution in [0.1, 0.15) is 162 Å². The molecule has 0 radical (unpaired) electrons. The Kier molecular flexibility index (Phi) is 20.0. The molecule has 4 aliphatic heterocycles. The third-order valence-corrected chi connectivity index (χ3v) is 25.3. The van der Waals surface area contributed by atoms with Gasteiger partial charge in [0, 0.05) is 115 Å². The summed E-state index contributed by atoms with van der Waals surface area (Å²) in [5.41, 5.74) is 17.6. The molecule has 4 fully saturated rings. The van der Waals surface area contributed by atoms with Crippen LogP contribution < -0.4 is 47.1 Å². The van der Waals surface area contributed by atoms with Gasteiger partial charge in [0.05, 0.1) is 20.7 Å². The summed E-state index contributed by atoms with van der Waals surface area (Å²) < 4.78 is 74.9. The van der Waals surface area contributed by atoms with E-state index < -0.39 is 20.5 Å². The maximum absolute atomic E-state index is 12.3. The second-order valence-electron chi connectivity index (χ2n) is 29.9. The van der Waals surface area contributed by atoms with Gasteiger partial charge in [0.2, 0.25) is 11.4 Å². The summed E-state index contributed by atoms with van der Waals surface area (Å²) in [6, 6.07) is 52.3. The van der Waals surface area contributed by atoms with Crippen molar-refractivity contribution in [3.8, 4) is 0 Å². The molecule has 4 heterocycles. The molecule has 9 aromatic rings. The second kappa shape index (κ2) is 28.8. The molecule has 17 rings (SSSR count). The average molecular weight is 1600 g/mol. The summed E-state index contributed by atoms with van der Waals surface area (Å²) >= 11 is 7.86. The molecule has 0 aromatic heterocycles. The van der Waals surface area contributed by atoms with Crippen molar-refractivity contribution in [2.24, 2.45) is 0 Å². The minimum Gasteiger partial charge on any atom is -0.339 e. The Morgan fingerprint density at radius 3 is 1.02 bits per heavy atom. The number of nitro groups is 2. The smallest absolute Gasteiger partial charge is 0.270 e. The van der Waals surface area contributed by atoms with Crippen molar-refractivity contribution in [3.63, 3.8) is 0 Å². The molecule has 0 atom stereocenters. The van der Waals surface area contributed by atoms with E-state index in [9.17, 15) is 20.2 Å². The molecule has 0 amide bonds. The van der Waals surface area contributed by atoms with Gasteiger partial charge in [-0.3, -0.25) is 20.2 Å². The van der Waals surface area contributed by atoms with Crippen LogP contribution in [0.2, 0.25) is 0 Å². The highest BCUT2D eigenvalue weighted by atomic mass is 79.9. The van der Waals surface area contributed by atoms with Crippen LogP contribution in [0.3, 0.4) is 0 Å². The number of allylic oxidation sites excluding steroid dienone is 8. The molecule has 0 saturated heterocycles. The zero-order chi connectivity index (χ0) is 74.2. The quantitative estimate of drug-likeness (QED) is 0.0699. The lowest BCUT2D eigenvalue weighted by Gasteiger charge is -2.37. The summed E-state index contributed by atoms with van der Waals surface area (Å²) in [5.74, 6) is 0. The van der Waals surface area contributed by atoms with Crippen LogP contribution in [0.15, 0.2) is 202 Å². The van der Waals surface area contributed by atoms with Crippen molar-refractivity contribution in [2.45, 2.75) is 163 Å². The number of fused-ring (bicyclic) bond motifs is 16. The number of benzene rings is 9. The first-order valence-electron chi connectivity index (χ1n) is 36.5. The SMILES string of the molecule is C[N+]1=C(/C=C/C=C2/N(Cc3ccc(CN4/C(=C/C=C/C5=[N+](C)c6ccc7ccc([N+](=O)[O-])cc7c6C56CCCCC6)C5(CCCCC5)c5c4ccc4ccc(Br)cc54)cc3)c3ccc4ccc(Br)cc4c3C23CCCCC3)C2(CCCCC2)c2c1ccc1ccc([N+](=O)[O-])cc21.[O-][Cl+3]([O-])([O-])[O-].[O-][Cl+3]([O-])([O-])[O-]. The zero-order valence-corrected chi connectivity index (χ0v) is 63.7. The second-order valence-corrected chi connectivity index (χ2v) is 33.3. The van der Waals surface area contributed by atoms with Crippen molar-refractivity contribution >= 4 is 120 Å². The molecular formula is C84H80Br2Cl2N6O12. The van der Waals surface area contributed by atoms with Crippen LogP contribution >= 0.6 is 31.9 Å². The predicted octanol–water partition coefficient (Wildman–Crippen LogP) is 12.7. The summed E-state index contributed by atoms with van der Waals surface area (Å²) in [7, 11) is -5.47. The number of nitro benzene ring substituents is 2. The van der Waals surface area contributed by atoms with Crippen LogP contribution in [0, 0.1) is 40.7 Å². The fourth-order valence-corrected chi connectivity index (χ4v) is 20.9. The van der Waals surface area contributed by atoms with E-state index in [-0.39, 0.29) is 42.9 Å². The largest absolute Gasteiger partial charge is 0.339 e. The average Bonchev–Trinajstić information content (AvgIpc) is 1.57. The van der Waals surface area contributed by atoms with Crippen LogP contribution in [0.4, 0.5) is 34.1 Å². The number of nitrogens with zero attached hydrogens (tertiary/aromatic N) is 6. The Morgan fingerprint density at radius 2 is 0.689 bits per heavy atom. The highest BCUT2D eigenvalue weighted by molar-refractivity contribution is 9.10. The van der Waals surface area contributed by atoms with Crippen LogP contribution in [-0.4, -0.2) is 44.5 Å². The van der Waals surface area contributed by atoms with E-state index in [4.69, 9.17) is 37.3 Å². The third-order valence-electron chi connectivity index (χ3n) is 24.3. The van der Waals surface area contributed by atoms with E-state index >= 15 is 0 Å². The lowest BCUT2D eigenvalue weighted by molar-refractivity contribution is -2.00. The summed E-state index contributed by atoms with van der Waals surface area (Å²) in [6.45, 7) is 1.45. The zero-order valence-electron chi connectivity index (χ0n) is 59.0. The van der Waals surface area contributed by atoms with Gasteiger partial charge in [0.25, 0.3) is 11.4 Å². The standard InChI is InChI=1S/C84H80Br2N6O4.2ClHO4/c1-87-69-37-29-59-27-35-63(91(93)94)51-67(59)77(69)81(41-7-3-8-42-81)73(87)17-15-19-75-83(45-11-5-12-46-83)79-65-49-61(85)33-25-57(65)31-39-71(79)89(75)53-55-21-23-56(24-22-55)54-90-72-40-32-58-26-34-62(86)50-66(58)80(72)84(47-13-6-14-48-84)76(90)20-16-18-74-82(43-9-4-10-44-82)78-68-52-64(92(95)96)36-28-60(68)30-38-70(78)88(74)2;2*2-1(3,4)5/h15-40,49-52H,3-14,41-48,53-54H2,1-2H3;2*(H,2,3,4,5)/q+2;;/p-2. The first-order valence-corrected chi connectivity index (χ1v) is 40.6. The molecule has 4 spiro atoms. The monoisotopic (exact) mass is 1590 g/mol. The Balaban J connectivity index is 0.000000846. The minimum atomic E-state index is -4.94. The van der Waals surface area contributed by atoms with E-state index in [0.29, 0.717) is 0 Å². The Labute approximate surface area is 636 Å². The highest BCUT2D eigenvalue weighted by Crippen LogP contribution is 2.61. The fourth-order valence-electron chi connectivity index (χ4n) is 20.2. The first-order chi connectivity index (χ1) is 50.8. The molecule has 4 aliphatic carbocycles. The normalized spacial score (nSPS) is 19.9. The van der Waals surface area contributed by atoms with Gasteiger partial charge >= 0.3 is 0 Å². The molecule has 8 aliphatic rings. The van der Waals surface area contributed by atoms with E-state index in [1.54, 1.807) is 12.1 Å². The van der Waals surface area contributed by atoms with Crippen molar-refractivity contribution < 1.29 is 76.8 Å². The third kappa shape index (κ3) is 13.4. The molecule has 9 aromatic carbocycles. The molecule has 22 heteroatoms. The molecule has 0 unspecified atom stereocenters. The number of hydrogen-bond acceptors (Lipinski definition) is 14. The lowest BCUT2D eigenvalue weighted by Crippen LogP contribution is -2.68. The number of anilines is 2. The van der Waals surface area contributed by atoms with E-state index in [1.807, 2.05) is 24.3 Å². The van der Waals surface area contributed by atoms with Gasteiger partial charge in [-0.1, -0.05) is 170 Å². The maximum atomic E-state index is 12.3. The van der Waals surface area contributed by atoms with E-state index in [2.05, 4.69) is 211 Å². The van der Waals surface area contributed by atoms with Gasteiger partial charge in [-0.05, 0) is 190 Å². The maximum Gasteiger partial charge on any atom is 0.270 e. The van der Waals surface area contributed by atoms with Crippen LogP contribution in [0.25, 0.3) is 43.1 Å². The van der Waals surface area contributed by atoms with Crippen LogP contribution in [-0.2, 0) is 34.7 Å². The molecule has 0 bridgehead atoms. The minimum absolute atomic E-state index is 0.144. The van der Waals surface area contributed by atoms with Crippen LogP contribution in [0.5, 0.6) is 0 Å². The van der Waals surface area contributed by atoms with Gasteiger partial charge in [0.1, 0.15) is 14.1 Å². The van der Waals surface area contributed by atoms with Gasteiger partial charge in [0.15, 0.2) is 11.4 Å². The van der Waals surface area contributed by atoms with Crippen molar-refractivity contribution in [3.05, 3.63) is 256 Å². The van der Waals surface area contributed by atoms with E-state index in [1.165, 1.54) is 140 Å². The molecule has 106 heavy (non-hydrogen) atoms. The van der Waals surface area contributed by atoms with Gasteiger partial charge in [-0.15, -0.1) is 20.5 Å². The molecule has 546 valence electrons. The van der Waals surface area contributed by atoms with E-state index in [0.717, 1.165) is 132 Å². The molecule has 18 nitrogen and oxygen atoms in total. The lowest BCUT2D eigenvalue weighted by atomic mass is 9.66. The topological polar surface area (TPSA) is 283 Å². The predicted molar refractivity (Wildman–Crippen MR) is 399 cm³/mol. The molecular weight excluding hydrogens is 1520 g/mol. The van der Waals surface area contributed by atoms with Crippen molar-refractivity contribution in [2.75, 3.05) is 23.9 Å². The number of halogens is 4. The Morgan fingerprint density at radius 1 is 0.396 bits per heavy atom. The number of rotatable bonds is 10. The first kappa shape index (κ1) is 73.5. The molecule has 0 N–H and O–H groups in total. The highest BCUT2D eigenvalue weighted by Gasteiger charge is 2.55. The Hall–Kier alpha value is -8.06. The van der Waals surface area contributed by atoms with Crippen molar-refractivity contribution in [1.82, 2.24) is 0 Å². The van der Waals surface area contributed by atoms with Crippen molar-refractivity contribution in [1.29, 1.82) is 0 Å². The summed E-state index contributed by atoms with van der Waals surface area (Å²) in [6.07, 6.45) is 36.9. The Bertz CT molecular complexity index is 4910. The number of hydrogen-bond donors (Lipinski definition) is 0. The molecule has 4 saturated carbocycles.